The molecule has 0 bridgehead atoms. The van der Waals surface area contributed by atoms with Crippen LogP contribution in [0.25, 0.3) is 0 Å². The number of nitrogens with one attached hydrogen (secondary N) is 2. The molecule has 0 heterocycles. The third kappa shape index (κ3) is 3.29. The molecule has 1 aromatic rings. The molecule has 1 amide bonds. The zero-order chi connectivity index (χ0) is 13.9. The van der Waals surface area contributed by atoms with Crippen LogP contribution in [-0.2, 0) is 4.79 Å². The highest BCUT2D eigenvalue weighted by Crippen LogP contribution is 2.17. The Labute approximate surface area is 108 Å². The minimum Gasteiger partial charge on any atom is -0.348 e. The van der Waals surface area contributed by atoms with Crippen molar-refractivity contribution >= 4 is 5.91 Å². The predicted octanol–water partition coefficient (Wildman–Crippen LogP) is 2.31. The summed E-state index contributed by atoms with van der Waals surface area (Å²) in [6, 6.07) is 4.79. The number of amides is 1. The van der Waals surface area contributed by atoms with E-state index in [1.54, 1.807) is 33.9 Å². The van der Waals surface area contributed by atoms with Crippen LogP contribution >= 0.6 is 0 Å². The molecule has 4 heteroatoms. The molecule has 0 saturated carbocycles. The number of carbonyl (C=O) groups is 1. The molecule has 0 spiro atoms. The fourth-order valence-electron chi connectivity index (χ4n) is 1.45. The average molecular weight is 252 g/mol. The van der Waals surface area contributed by atoms with Crippen LogP contribution < -0.4 is 10.6 Å². The predicted molar refractivity (Wildman–Crippen MR) is 70.8 cm³/mol. The first-order chi connectivity index (χ1) is 8.27. The lowest BCUT2D eigenvalue weighted by atomic mass is 10.0. The minimum atomic E-state index is -0.641. The first-order valence-corrected chi connectivity index (χ1v) is 6.04. The summed E-state index contributed by atoms with van der Waals surface area (Å²) in [6.07, 6.45) is 0. The Balaban J connectivity index is 2.79. The molecule has 1 rings (SSSR count). The van der Waals surface area contributed by atoms with E-state index in [1.165, 1.54) is 6.07 Å². The van der Waals surface area contributed by atoms with Crippen molar-refractivity contribution in [3.63, 3.8) is 0 Å². The van der Waals surface area contributed by atoms with Crippen LogP contribution in [0.2, 0.25) is 0 Å². The Kier molecular flexibility index (Phi) is 4.46. The third-order valence-electron chi connectivity index (χ3n) is 3.24. The second-order valence-corrected chi connectivity index (χ2v) is 5.08. The van der Waals surface area contributed by atoms with Crippen LogP contribution in [0.5, 0.6) is 0 Å². The van der Waals surface area contributed by atoms with Crippen molar-refractivity contribution in [2.75, 3.05) is 7.05 Å². The Morgan fingerprint density at radius 1 is 1.39 bits per heavy atom. The van der Waals surface area contributed by atoms with E-state index in [4.69, 9.17) is 0 Å². The fourth-order valence-corrected chi connectivity index (χ4v) is 1.45. The summed E-state index contributed by atoms with van der Waals surface area (Å²) in [4.78, 5) is 12.0. The van der Waals surface area contributed by atoms with E-state index >= 15 is 0 Å². The van der Waals surface area contributed by atoms with Gasteiger partial charge in [-0.2, -0.15) is 0 Å². The summed E-state index contributed by atoms with van der Waals surface area (Å²) in [5, 5.41) is 5.80. The molecule has 0 radical (unpaired) electrons. The van der Waals surface area contributed by atoms with E-state index in [0.29, 0.717) is 5.56 Å². The van der Waals surface area contributed by atoms with Gasteiger partial charge in [0.05, 0.1) is 11.6 Å². The lowest BCUT2D eigenvalue weighted by molar-refractivity contribution is -0.126. The van der Waals surface area contributed by atoms with Crippen molar-refractivity contribution in [2.24, 2.45) is 0 Å². The van der Waals surface area contributed by atoms with Crippen molar-refractivity contribution in [1.29, 1.82) is 0 Å². The summed E-state index contributed by atoms with van der Waals surface area (Å²) in [7, 11) is 1.73. The van der Waals surface area contributed by atoms with Gasteiger partial charge < -0.3 is 10.6 Å². The number of aryl methyl sites for hydroxylation is 1. The van der Waals surface area contributed by atoms with Gasteiger partial charge in [0.2, 0.25) is 5.91 Å². The second kappa shape index (κ2) is 5.48. The Morgan fingerprint density at radius 2 is 2.00 bits per heavy atom. The number of likely N-dealkylation sites (N-methyl/N-ethyl adjacent to an activating group) is 1. The molecule has 0 saturated heterocycles. The van der Waals surface area contributed by atoms with Crippen molar-refractivity contribution in [3.8, 4) is 0 Å². The van der Waals surface area contributed by atoms with Crippen molar-refractivity contribution in [3.05, 3.63) is 35.1 Å². The molecule has 1 aromatic carbocycles. The van der Waals surface area contributed by atoms with Gasteiger partial charge in [-0.3, -0.25) is 4.79 Å². The van der Waals surface area contributed by atoms with E-state index in [9.17, 15) is 9.18 Å². The molecule has 100 valence electrons. The van der Waals surface area contributed by atoms with Crippen molar-refractivity contribution < 1.29 is 9.18 Å². The molecule has 0 fully saturated rings. The van der Waals surface area contributed by atoms with Gasteiger partial charge in [0.15, 0.2) is 0 Å². The number of carbonyl (C=O) groups excluding carboxylic acids is 1. The van der Waals surface area contributed by atoms with Gasteiger partial charge in [-0.25, -0.2) is 4.39 Å². The van der Waals surface area contributed by atoms with Crippen LogP contribution in [0.15, 0.2) is 18.2 Å². The highest BCUT2D eigenvalue weighted by atomic mass is 19.1. The van der Waals surface area contributed by atoms with Crippen LogP contribution in [0.3, 0.4) is 0 Å². The van der Waals surface area contributed by atoms with Crippen LogP contribution in [0.4, 0.5) is 4.39 Å². The largest absolute Gasteiger partial charge is 0.348 e. The first kappa shape index (κ1) is 14.6. The molecule has 2 N–H and O–H groups in total. The summed E-state index contributed by atoms with van der Waals surface area (Å²) in [5.74, 6) is -0.361. The highest BCUT2D eigenvalue weighted by Gasteiger charge is 2.26. The number of halogens is 1. The standard InChI is InChI=1S/C14H21FN2O/c1-9-6-7-11(8-12(9)15)10(2)17-13(18)14(3,4)16-5/h6-8,10,16H,1-5H3,(H,17,18). The number of hydrogen-bond acceptors (Lipinski definition) is 2. The molecule has 3 nitrogen and oxygen atoms in total. The fraction of sp³-hybridized carbons (Fsp3) is 0.500. The summed E-state index contributed by atoms with van der Waals surface area (Å²) in [6.45, 7) is 7.15. The monoisotopic (exact) mass is 252 g/mol. The lowest BCUT2D eigenvalue weighted by Crippen LogP contribution is -2.51. The maximum Gasteiger partial charge on any atom is 0.240 e. The first-order valence-electron chi connectivity index (χ1n) is 6.04. The van der Waals surface area contributed by atoms with Crippen LogP contribution in [0, 0.1) is 12.7 Å². The Bertz CT molecular complexity index is 443. The molecular weight excluding hydrogens is 231 g/mol. The van der Waals surface area contributed by atoms with Gasteiger partial charge >= 0.3 is 0 Å². The molecule has 0 aliphatic heterocycles. The topological polar surface area (TPSA) is 41.1 Å². The summed E-state index contributed by atoms with van der Waals surface area (Å²) < 4.78 is 13.5. The summed E-state index contributed by atoms with van der Waals surface area (Å²) >= 11 is 0. The van der Waals surface area contributed by atoms with Gasteiger partial charge in [0, 0.05) is 0 Å². The average Bonchev–Trinajstić information content (AvgIpc) is 2.32. The molecule has 0 aliphatic carbocycles. The van der Waals surface area contributed by atoms with Gasteiger partial charge in [-0.15, -0.1) is 0 Å². The number of hydrogen-bond donors (Lipinski definition) is 2. The number of benzene rings is 1. The van der Waals surface area contributed by atoms with Crippen molar-refractivity contribution in [1.82, 2.24) is 10.6 Å². The van der Waals surface area contributed by atoms with E-state index < -0.39 is 5.54 Å². The van der Waals surface area contributed by atoms with Gasteiger partial charge in [0.25, 0.3) is 0 Å². The normalized spacial score (nSPS) is 13.2. The van der Waals surface area contributed by atoms with Gasteiger partial charge in [0.1, 0.15) is 5.82 Å². The molecule has 0 aromatic heterocycles. The summed E-state index contributed by atoms with van der Waals surface area (Å²) in [5.41, 5.74) is 0.725. The van der Waals surface area contributed by atoms with E-state index in [1.807, 2.05) is 13.0 Å². The molecule has 1 unspecified atom stereocenters. The molecule has 18 heavy (non-hydrogen) atoms. The smallest absolute Gasteiger partial charge is 0.240 e. The van der Waals surface area contributed by atoms with E-state index in [2.05, 4.69) is 10.6 Å². The zero-order valence-corrected chi connectivity index (χ0v) is 11.6. The minimum absolute atomic E-state index is 0.113. The maximum absolute atomic E-state index is 13.5. The molecule has 0 aliphatic rings. The van der Waals surface area contributed by atoms with Gasteiger partial charge in [-0.1, -0.05) is 12.1 Å². The lowest BCUT2D eigenvalue weighted by Gasteiger charge is -2.25. The Hall–Kier alpha value is -1.42. The molecule has 1 atom stereocenters. The zero-order valence-electron chi connectivity index (χ0n) is 11.6. The highest BCUT2D eigenvalue weighted by molar-refractivity contribution is 5.85. The van der Waals surface area contributed by atoms with Crippen LogP contribution in [-0.4, -0.2) is 18.5 Å². The van der Waals surface area contributed by atoms with Crippen molar-refractivity contribution in [2.45, 2.75) is 39.3 Å². The SMILES string of the molecule is CNC(C)(C)C(=O)NC(C)c1ccc(C)c(F)c1. The third-order valence-corrected chi connectivity index (χ3v) is 3.24. The quantitative estimate of drug-likeness (QED) is 0.863. The molecular formula is C14H21FN2O. The van der Waals surface area contributed by atoms with E-state index in [-0.39, 0.29) is 17.8 Å². The second-order valence-electron chi connectivity index (χ2n) is 5.08. The Morgan fingerprint density at radius 3 is 2.50 bits per heavy atom. The van der Waals surface area contributed by atoms with Gasteiger partial charge in [-0.05, 0) is 51.9 Å². The number of rotatable bonds is 4. The van der Waals surface area contributed by atoms with Crippen LogP contribution in [0.1, 0.15) is 37.9 Å². The maximum atomic E-state index is 13.5. The van der Waals surface area contributed by atoms with E-state index in [0.717, 1.165) is 5.56 Å².